The molecule has 0 saturated carbocycles. The molecule has 0 amide bonds. The highest BCUT2D eigenvalue weighted by Gasteiger charge is 2.16. The van der Waals surface area contributed by atoms with E-state index in [2.05, 4.69) is 46.2 Å². The number of hydrogen-bond donors (Lipinski definition) is 1. The van der Waals surface area contributed by atoms with Crippen LogP contribution in [0.25, 0.3) is 5.69 Å². The lowest BCUT2D eigenvalue weighted by Crippen LogP contribution is -2.06. The van der Waals surface area contributed by atoms with Crippen LogP contribution in [-0.4, -0.2) is 15.0 Å². The summed E-state index contributed by atoms with van der Waals surface area (Å²) in [5, 5.41) is 8.06. The summed E-state index contributed by atoms with van der Waals surface area (Å²) in [6, 6.07) is 6.11. The van der Waals surface area contributed by atoms with E-state index in [9.17, 15) is 0 Å². The van der Waals surface area contributed by atoms with Crippen LogP contribution >= 0.6 is 15.9 Å². The first-order valence-electron chi connectivity index (χ1n) is 5.48. The van der Waals surface area contributed by atoms with Gasteiger partial charge in [-0.3, -0.25) is 0 Å². The highest BCUT2D eigenvalue weighted by molar-refractivity contribution is 9.10. The summed E-state index contributed by atoms with van der Waals surface area (Å²) in [4.78, 5) is 0. The second kappa shape index (κ2) is 4.49. The molecule has 0 atom stereocenters. The largest absolute Gasteiger partial charge is 0.381 e. The van der Waals surface area contributed by atoms with Crippen molar-refractivity contribution in [3.63, 3.8) is 0 Å². The van der Waals surface area contributed by atoms with E-state index in [4.69, 9.17) is 5.73 Å². The summed E-state index contributed by atoms with van der Waals surface area (Å²) in [6.45, 7) is 6.20. The normalized spacial score (nSPS) is 11.1. The van der Waals surface area contributed by atoms with E-state index in [0.29, 0.717) is 5.82 Å². The van der Waals surface area contributed by atoms with Crippen molar-refractivity contribution >= 4 is 21.7 Å². The molecule has 0 radical (unpaired) electrons. The molecular weight excluding hydrogens is 280 g/mol. The van der Waals surface area contributed by atoms with Crippen molar-refractivity contribution < 1.29 is 0 Å². The summed E-state index contributed by atoms with van der Waals surface area (Å²) in [5.74, 6) is 0.769. The zero-order valence-electron chi connectivity index (χ0n) is 10.1. The third-order valence-electron chi connectivity index (χ3n) is 2.61. The van der Waals surface area contributed by atoms with Gasteiger partial charge in [0.05, 0.1) is 11.4 Å². The van der Waals surface area contributed by atoms with Gasteiger partial charge in [-0.1, -0.05) is 25.1 Å². The lowest BCUT2D eigenvalue weighted by atomic mass is 10.1. The topological polar surface area (TPSA) is 56.7 Å². The summed E-state index contributed by atoms with van der Waals surface area (Å²) < 4.78 is 2.79. The zero-order chi connectivity index (χ0) is 12.6. The second-order valence-corrected chi connectivity index (χ2v) is 5.24. The molecule has 90 valence electrons. The van der Waals surface area contributed by atoms with Crippen molar-refractivity contribution in [3.8, 4) is 5.69 Å². The van der Waals surface area contributed by atoms with Crippen molar-refractivity contribution in [2.45, 2.75) is 26.7 Å². The molecular formula is C12H15BrN4. The monoisotopic (exact) mass is 294 g/mol. The van der Waals surface area contributed by atoms with Crippen molar-refractivity contribution in [2.75, 3.05) is 5.73 Å². The standard InChI is InChI=1S/C12H15BrN4/c1-7(2)11-12(14)15-16-17(11)10-5-4-8(3)6-9(10)13/h4-7H,14H2,1-3H3. The summed E-state index contributed by atoms with van der Waals surface area (Å²) >= 11 is 3.55. The Morgan fingerprint density at radius 2 is 2.06 bits per heavy atom. The average molecular weight is 295 g/mol. The minimum Gasteiger partial charge on any atom is -0.381 e. The van der Waals surface area contributed by atoms with E-state index in [1.165, 1.54) is 5.56 Å². The molecule has 4 nitrogen and oxygen atoms in total. The molecule has 0 aliphatic carbocycles. The molecule has 1 heterocycles. The molecule has 1 aromatic heterocycles. The summed E-state index contributed by atoms with van der Waals surface area (Å²) in [6.07, 6.45) is 0. The second-order valence-electron chi connectivity index (χ2n) is 4.38. The molecule has 2 aromatic rings. The molecule has 5 heteroatoms. The summed E-state index contributed by atoms with van der Waals surface area (Å²) in [7, 11) is 0. The highest BCUT2D eigenvalue weighted by atomic mass is 79.9. The Hall–Kier alpha value is -1.36. The van der Waals surface area contributed by atoms with Crippen LogP contribution in [0.1, 0.15) is 31.0 Å². The van der Waals surface area contributed by atoms with Gasteiger partial charge < -0.3 is 5.73 Å². The van der Waals surface area contributed by atoms with Crippen LogP contribution in [0.5, 0.6) is 0 Å². The number of hydrogen-bond acceptors (Lipinski definition) is 3. The van der Waals surface area contributed by atoms with Gasteiger partial charge in [-0.25, -0.2) is 4.68 Å². The van der Waals surface area contributed by atoms with Crippen molar-refractivity contribution in [1.29, 1.82) is 0 Å². The molecule has 2 rings (SSSR count). The van der Waals surface area contributed by atoms with E-state index in [1.54, 1.807) is 4.68 Å². The molecule has 0 fully saturated rings. The van der Waals surface area contributed by atoms with Crippen LogP contribution in [0.4, 0.5) is 5.82 Å². The number of benzene rings is 1. The number of aryl methyl sites for hydroxylation is 1. The average Bonchev–Trinajstić information content (AvgIpc) is 2.60. The molecule has 0 aliphatic rings. The first-order chi connectivity index (χ1) is 8.00. The third kappa shape index (κ3) is 2.20. The number of rotatable bonds is 2. The number of nitrogens with zero attached hydrogens (tertiary/aromatic N) is 3. The molecule has 17 heavy (non-hydrogen) atoms. The van der Waals surface area contributed by atoms with Crippen LogP contribution in [0.15, 0.2) is 22.7 Å². The predicted octanol–water partition coefficient (Wildman–Crippen LogP) is 3.04. The van der Waals surface area contributed by atoms with Crippen LogP contribution in [0, 0.1) is 6.92 Å². The Labute approximate surface area is 109 Å². The smallest absolute Gasteiger partial charge is 0.169 e. The maximum Gasteiger partial charge on any atom is 0.169 e. The molecule has 0 bridgehead atoms. The van der Waals surface area contributed by atoms with Crippen molar-refractivity contribution in [3.05, 3.63) is 33.9 Å². The van der Waals surface area contributed by atoms with Gasteiger partial charge in [0.1, 0.15) is 0 Å². The number of nitrogens with two attached hydrogens (primary N) is 1. The van der Waals surface area contributed by atoms with Crippen LogP contribution in [0.3, 0.4) is 0 Å². The van der Waals surface area contributed by atoms with Gasteiger partial charge in [-0.15, -0.1) is 5.10 Å². The Kier molecular flexibility index (Phi) is 3.19. The van der Waals surface area contributed by atoms with Gasteiger partial charge in [-0.05, 0) is 46.5 Å². The van der Waals surface area contributed by atoms with Gasteiger partial charge >= 0.3 is 0 Å². The number of aromatic nitrogens is 3. The van der Waals surface area contributed by atoms with E-state index < -0.39 is 0 Å². The molecule has 0 unspecified atom stereocenters. The maximum atomic E-state index is 5.85. The van der Waals surface area contributed by atoms with Crippen LogP contribution < -0.4 is 5.73 Å². The van der Waals surface area contributed by atoms with Crippen LogP contribution in [-0.2, 0) is 0 Å². The van der Waals surface area contributed by atoms with Gasteiger partial charge in [0.15, 0.2) is 5.82 Å². The lowest BCUT2D eigenvalue weighted by molar-refractivity contribution is 0.714. The molecule has 0 spiro atoms. The molecule has 0 aliphatic heterocycles. The van der Waals surface area contributed by atoms with Crippen molar-refractivity contribution in [1.82, 2.24) is 15.0 Å². The fourth-order valence-corrected chi connectivity index (χ4v) is 2.46. The van der Waals surface area contributed by atoms with E-state index in [-0.39, 0.29) is 5.92 Å². The van der Waals surface area contributed by atoms with Gasteiger partial charge in [-0.2, -0.15) is 0 Å². The minimum atomic E-state index is 0.276. The Bertz CT molecular complexity index is 545. The first kappa shape index (κ1) is 12.1. The van der Waals surface area contributed by atoms with E-state index in [0.717, 1.165) is 15.9 Å². The molecule has 0 saturated heterocycles. The van der Waals surface area contributed by atoms with E-state index in [1.807, 2.05) is 19.1 Å². The fraction of sp³-hybridized carbons (Fsp3) is 0.333. The number of anilines is 1. The van der Waals surface area contributed by atoms with Gasteiger partial charge in [0.25, 0.3) is 0 Å². The Morgan fingerprint density at radius 3 is 2.65 bits per heavy atom. The lowest BCUT2D eigenvalue weighted by Gasteiger charge is -2.11. The number of nitrogen functional groups attached to an aromatic ring is 1. The van der Waals surface area contributed by atoms with Crippen LogP contribution in [0.2, 0.25) is 0 Å². The fourth-order valence-electron chi connectivity index (χ4n) is 1.80. The first-order valence-corrected chi connectivity index (χ1v) is 6.27. The third-order valence-corrected chi connectivity index (χ3v) is 3.25. The van der Waals surface area contributed by atoms with E-state index >= 15 is 0 Å². The zero-order valence-corrected chi connectivity index (χ0v) is 11.7. The van der Waals surface area contributed by atoms with Crippen molar-refractivity contribution in [2.24, 2.45) is 0 Å². The van der Waals surface area contributed by atoms with Gasteiger partial charge in [0.2, 0.25) is 0 Å². The SMILES string of the molecule is Cc1ccc(-n2nnc(N)c2C(C)C)c(Br)c1. The molecule has 2 N–H and O–H groups in total. The Balaban J connectivity index is 2.61. The molecule has 1 aromatic carbocycles. The minimum absolute atomic E-state index is 0.276. The predicted molar refractivity (Wildman–Crippen MR) is 72.3 cm³/mol. The number of halogens is 1. The maximum absolute atomic E-state index is 5.85. The Morgan fingerprint density at radius 1 is 1.35 bits per heavy atom. The summed E-state index contributed by atoms with van der Waals surface area (Å²) in [5.41, 5.74) is 8.95. The quantitative estimate of drug-likeness (QED) is 0.926. The van der Waals surface area contributed by atoms with Gasteiger partial charge in [0, 0.05) is 4.47 Å². The highest BCUT2D eigenvalue weighted by Crippen LogP contribution is 2.27.